The summed E-state index contributed by atoms with van der Waals surface area (Å²) in [5.74, 6) is 0.160. The van der Waals surface area contributed by atoms with Gasteiger partial charge in [-0.15, -0.1) is 0 Å². The first kappa shape index (κ1) is 19.6. The molecule has 0 aliphatic carbocycles. The summed E-state index contributed by atoms with van der Waals surface area (Å²) >= 11 is 12.8. The van der Waals surface area contributed by atoms with Gasteiger partial charge in [0.05, 0.1) is 0 Å². The molecule has 28 heavy (non-hydrogen) atoms. The largest absolute Gasteiger partial charge is 0.322 e. The number of rotatable bonds is 2. The summed E-state index contributed by atoms with van der Waals surface area (Å²) < 4.78 is 0. The maximum atomic E-state index is 12.6. The second-order valence-electron chi connectivity index (χ2n) is 7.94. The lowest BCUT2D eigenvalue weighted by Crippen LogP contribution is -2.37. The molecule has 2 heterocycles. The molecule has 2 unspecified atom stereocenters. The van der Waals surface area contributed by atoms with E-state index in [4.69, 9.17) is 23.2 Å². The van der Waals surface area contributed by atoms with Crippen LogP contribution in [0, 0.1) is 0 Å². The summed E-state index contributed by atoms with van der Waals surface area (Å²) in [6, 6.07) is 12.2. The molecule has 2 atom stereocenters. The highest BCUT2D eigenvalue weighted by Gasteiger charge is 2.28. The van der Waals surface area contributed by atoms with E-state index in [0.717, 1.165) is 49.3 Å². The van der Waals surface area contributed by atoms with Crippen LogP contribution in [-0.2, 0) is 6.54 Å². The quantitative estimate of drug-likeness (QED) is 0.691. The van der Waals surface area contributed by atoms with Crippen molar-refractivity contribution in [3.05, 3.63) is 63.1 Å². The average Bonchev–Trinajstić information content (AvgIpc) is 3.08. The Labute approximate surface area is 176 Å². The molecular formula is C22H25Cl2N3O. The van der Waals surface area contributed by atoms with Crippen molar-refractivity contribution in [2.45, 2.75) is 38.3 Å². The van der Waals surface area contributed by atoms with Gasteiger partial charge in [0.25, 0.3) is 0 Å². The van der Waals surface area contributed by atoms with Crippen LogP contribution in [0.15, 0.2) is 36.4 Å². The summed E-state index contributed by atoms with van der Waals surface area (Å²) in [5, 5.41) is 4.45. The molecule has 2 aliphatic rings. The molecule has 2 aromatic carbocycles. The number of likely N-dealkylation sites (tertiary alicyclic amines) is 1. The van der Waals surface area contributed by atoms with Crippen molar-refractivity contribution in [1.82, 2.24) is 9.80 Å². The van der Waals surface area contributed by atoms with Crippen molar-refractivity contribution in [2.75, 3.05) is 25.5 Å². The number of fused-ring (bicyclic) bond motifs is 1. The van der Waals surface area contributed by atoms with Gasteiger partial charge in [0, 0.05) is 47.3 Å². The predicted octanol–water partition coefficient (Wildman–Crippen LogP) is 5.59. The monoisotopic (exact) mass is 417 g/mol. The fraction of sp³-hybridized carbons (Fsp3) is 0.409. The second-order valence-corrected chi connectivity index (χ2v) is 8.79. The Kier molecular flexibility index (Phi) is 5.55. The Morgan fingerprint density at radius 2 is 2.04 bits per heavy atom. The Morgan fingerprint density at radius 3 is 2.79 bits per heavy atom. The molecule has 4 nitrogen and oxygen atoms in total. The van der Waals surface area contributed by atoms with Gasteiger partial charge in [-0.1, -0.05) is 35.3 Å². The van der Waals surface area contributed by atoms with Crippen molar-refractivity contribution < 1.29 is 4.79 Å². The standard InChI is InChI=1S/C22H25Cl2N3O/c1-14-5-4-8-27(14)22(28)25-17-7-3-6-15(9-17)19-12-26(2)13-20-18(19)10-16(23)11-21(20)24/h3,6-7,9-11,14,19H,4-5,8,12-13H2,1-2H3,(H,25,28). The molecule has 6 heteroatoms. The molecule has 0 spiro atoms. The minimum Gasteiger partial charge on any atom is -0.322 e. The average molecular weight is 418 g/mol. The number of nitrogens with one attached hydrogen (secondary N) is 1. The lowest BCUT2D eigenvalue weighted by molar-refractivity contribution is 0.210. The van der Waals surface area contributed by atoms with Crippen molar-refractivity contribution >= 4 is 34.9 Å². The van der Waals surface area contributed by atoms with E-state index in [9.17, 15) is 4.79 Å². The van der Waals surface area contributed by atoms with Gasteiger partial charge in [-0.25, -0.2) is 4.79 Å². The van der Waals surface area contributed by atoms with Crippen molar-refractivity contribution in [3.8, 4) is 0 Å². The fourth-order valence-electron chi connectivity index (χ4n) is 4.39. The molecule has 148 valence electrons. The summed E-state index contributed by atoms with van der Waals surface area (Å²) in [6.07, 6.45) is 2.14. The van der Waals surface area contributed by atoms with Crippen LogP contribution in [0.3, 0.4) is 0 Å². The highest BCUT2D eigenvalue weighted by atomic mass is 35.5. The molecule has 1 saturated heterocycles. The number of likely N-dealkylation sites (N-methyl/N-ethyl adjacent to an activating group) is 1. The molecule has 0 saturated carbocycles. The minimum absolute atomic E-state index is 0.0191. The van der Waals surface area contributed by atoms with E-state index in [1.807, 2.05) is 29.2 Å². The normalized spacial score (nSPS) is 22.2. The Hall–Kier alpha value is -1.75. The third-order valence-electron chi connectivity index (χ3n) is 5.85. The third-order valence-corrected chi connectivity index (χ3v) is 6.40. The summed E-state index contributed by atoms with van der Waals surface area (Å²) in [6.45, 7) is 4.62. The molecule has 2 aromatic rings. The molecule has 1 fully saturated rings. The van der Waals surface area contributed by atoms with E-state index >= 15 is 0 Å². The van der Waals surface area contributed by atoms with E-state index in [1.54, 1.807) is 0 Å². The predicted molar refractivity (Wildman–Crippen MR) is 116 cm³/mol. The fourth-order valence-corrected chi connectivity index (χ4v) is 4.96. The zero-order valence-corrected chi connectivity index (χ0v) is 17.7. The van der Waals surface area contributed by atoms with Crippen LogP contribution in [0.4, 0.5) is 10.5 Å². The Morgan fingerprint density at radius 1 is 1.21 bits per heavy atom. The number of hydrogen-bond donors (Lipinski definition) is 1. The highest BCUT2D eigenvalue weighted by Crippen LogP contribution is 2.38. The van der Waals surface area contributed by atoms with E-state index in [-0.39, 0.29) is 11.9 Å². The number of anilines is 1. The van der Waals surface area contributed by atoms with Crippen LogP contribution in [0.1, 0.15) is 42.4 Å². The number of nitrogens with zero attached hydrogens (tertiary/aromatic N) is 2. The maximum Gasteiger partial charge on any atom is 0.322 e. The van der Waals surface area contributed by atoms with Gasteiger partial charge in [0.15, 0.2) is 0 Å². The van der Waals surface area contributed by atoms with E-state index in [2.05, 4.69) is 36.3 Å². The zero-order chi connectivity index (χ0) is 19.8. The van der Waals surface area contributed by atoms with Gasteiger partial charge in [0.2, 0.25) is 0 Å². The zero-order valence-electron chi connectivity index (χ0n) is 16.2. The van der Waals surface area contributed by atoms with Crippen LogP contribution in [0.25, 0.3) is 0 Å². The summed E-state index contributed by atoms with van der Waals surface area (Å²) in [4.78, 5) is 16.8. The van der Waals surface area contributed by atoms with Gasteiger partial charge in [-0.2, -0.15) is 0 Å². The molecule has 4 rings (SSSR count). The van der Waals surface area contributed by atoms with E-state index in [0.29, 0.717) is 16.1 Å². The van der Waals surface area contributed by atoms with E-state index < -0.39 is 0 Å². The van der Waals surface area contributed by atoms with Gasteiger partial charge in [-0.05, 0) is 67.8 Å². The number of carbonyl (C=O) groups excluding carboxylic acids is 1. The van der Waals surface area contributed by atoms with Crippen LogP contribution in [0.2, 0.25) is 10.0 Å². The maximum absolute atomic E-state index is 12.6. The molecule has 2 amide bonds. The molecule has 1 N–H and O–H groups in total. The second kappa shape index (κ2) is 7.94. The summed E-state index contributed by atoms with van der Waals surface area (Å²) in [7, 11) is 2.10. The Balaban J connectivity index is 1.62. The number of carbonyl (C=O) groups is 1. The third kappa shape index (κ3) is 3.86. The van der Waals surface area contributed by atoms with Gasteiger partial charge < -0.3 is 15.1 Å². The lowest BCUT2D eigenvalue weighted by atomic mass is 9.84. The molecule has 2 aliphatic heterocycles. The highest BCUT2D eigenvalue weighted by molar-refractivity contribution is 6.35. The van der Waals surface area contributed by atoms with Crippen LogP contribution in [0.5, 0.6) is 0 Å². The van der Waals surface area contributed by atoms with Crippen molar-refractivity contribution in [2.24, 2.45) is 0 Å². The van der Waals surface area contributed by atoms with Crippen molar-refractivity contribution in [1.29, 1.82) is 0 Å². The van der Waals surface area contributed by atoms with Gasteiger partial charge >= 0.3 is 6.03 Å². The van der Waals surface area contributed by atoms with Crippen molar-refractivity contribution in [3.63, 3.8) is 0 Å². The van der Waals surface area contributed by atoms with E-state index in [1.165, 1.54) is 5.56 Å². The number of amides is 2. The number of halogens is 2. The number of benzene rings is 2. The molecule has 0 bridgehead atoms. The Bertz CT molecular complexity index is 901. The molecule has 0 radical (unpaired) electrons. The van der Waals surface area contributed by atoms with Crippen LogP contribution >= 0.6 is 23.2 Å². The van der Waals surface area contributed by atoms with Crippen LogP contribution < -0.4 is 5.32 Å². The molecule has 0 aromatic heterocycles. The minimum atomic E-state index is -0.0191. The van der Waals surface area contributed by atoms with Gasteiger partial charge in [0.1, 0.15) is 0 Å². The number of urea groups is 1. The topological polar surface area (TPSA) is 35.6 Å². The first-order valence-corrected chi connectivity index (χ1v) is 10.5. The lowest BCUT2D eigenvalue weighted by Gasteiger charge is -2.33. The first-order chi connectivity index (χ1) is 13.4. The smallest absolute Gasteiger partial charge is 0.322 e. The van der Waals surface area contributed by atoms with Gasteiger partial charge in [-0.3, -0.25) is 0 Å². The number of hydrogen-bond acceptors (Lipinski definition) is 2. The van der Waals surface area contributed by atoms with Crippen LogP contribution in [-0.4, -0.2) is 42.0 Å². The molecular weight excluding hydrogens is 393 g/mol. The first-order valence-electron chi connectivity index (χ1n) is 9.76. The summed E-state index contributed by atoms with van der Waals surface area (Å²) in [5.41, 5.74) is 4.28. The SMILES string of the molecule is CC1CCCN1C(=O)Nc1cccc(C2CN(C)Cc3c(Cl)cc(Cl)cc32)c1.